The fourth-order valence-electron chi connectivity index (χ4n) is 5.37. The van der Waals surface area contributed by atoms with Gasteiger partial charge in [-0.25, -0.2) is 19.7 Å². The van der Waals surface area contributed by atoms with Crippen LogP contribution in [0, 0.1) is 0 Å². The number of aliphatic hydroxyl groups is 1. The molecule has 1 aliphatic heterocycles. The zero-order valence-corrected chi connectivity index (χ0v) is 28.5. The van der Waals surface area contributed by atoms with E-state index >= 15 is 0 Å². The van der Waals surface area contributed by atoms with E-state index in [2.05, 4.69) is 25.6 Å². The van der Waals surface area contributed by atoms with Crippen LogP contribution in [0.1, 0.15) is 43.4 Å². The first-order valence-electron chi connectivity index (χ1n) is 15.2. The SMILES string of the molecule is CN(C)c1ncnc2c1ncn2[C@@H]1O[C@H](CCl)[C@@H](NC(=O)[C@H](CSC(c2ccccc2)c2ccccc2)NC(=O)OC(C)(C)C)[C@H]1O. The van der Waals surface area contributed by atoms with Gasteiger partial charge in [0.2, 0.25) is 5.91 Å². The first kappa shape index (κ1) is 34.4. The van der Waals surface area contributed by atoms with Crippen molar-refractivity contribution < 1.29 is 24.2 Å². The van der Waals surface area contributed by atoms with Gasteiger partial charge < -0.3 is 30.1 Å². The lowest BCUT2D eigenvalue weighted by Gasteiger charge is -2.27. The Kier molecular flexibility index (Phi) is 10.9. The molecule has 2 aromatic heterocycles. The highest BCUT2D eigenvalue weighted by molar-refractivity contribution is 7.99. The molecule has 12 nitrogen and oxygen atoms in total. The summed E-state index contributed by atoms with van der Waals surface area (Å²) in [5.74, 6) is 0.290. The highest BCUT2D eigenvalue weighted by Gasteiger charge is 2.46. The lowest BCUT2D eigenvalue weighted by molar-refractivity contribution is -0.124. The number of thioether (sulfide) groups is 1. The summed E-state index contributed by atoms with van der Waals surface area (Å²) in [6.45, 7) is 5.25. The molecule has 3 heterocycles. The lowest BCUT2D eigenvalue weighted by Crippen LogP contribution is -2.56. The third-order valence-corrected chi connectivity index (χ3v) is 9.22. The monoisotopic (exact) mass is 681 g/mol. The molecule has 1 aliphatic rings. The molecular formula is C33H40ClN7O5S. The number of nitrogens with zero attached hydrogens (tertiary/aromatic N) is 5. The van der Waals surface area contributed by atoms with Crippen LogP contribution in [0.4, 0.5) is 10.6 Å². The summed E-state index contributed by atoms with van der Waals surface area (Å²) in [7, 11) is 3.69. The number of alkyl carbamates (subject to hydrolysis) is 1. The van der Waals surface area contributed by atoms with Gasteiger partial charge in [0, 0.05) is 19.8 Å². The molecule has 0 unspecified atom stereocenters. The van der Waals surface area contributed by atoms with Crippen LogP contribution in [0.5, 0.6) is 0 Å². The average molecular weight is 682 g/mol. The number of halogens is 1. The minimum Gasteiger partial charge on any atom is -0.444 e. The van der Waals surface area contributed by atoms with E-state index in [0.29, 0.717) is 17.0 Å². The summed E-state index contributed by atoms with van der Waals surface area (Å²) in [5, 5.41) is 17.1. The van der Waals surface area contributed by atoms with Gasteiger partial charge in [-0.15, -0.1) is 23.4 Å². The number of imidazole rings is 1. The van der Waals surface area contributed by atoms with Crippen LogP contribution in [0.15, 0.2) is 73.3 Å². The number of hydrogen-bond acceptors (Lipinski definition) is 10. The van der Waals surface area contributed by atoms with Crippen molar-refractivity contribution in [2.45, 2.75) is 62.1 Å². The molecule has 0 spiro atoms. The number of nitrogens with one attached hydrogen (secondary N) is 2. The minimum absolute atomic E-state index is 0.00787. The van der Waals surface area contributed by atoms with Crippen molar-refractivity contribution in [2.75, 3.05) is 30.6 Å². The number of carbonyl (C=O) groups excluding carboxylic acids is 2. The van der Waals surface area contributed by atoms with Gasteiger partial charge in [0.15, 0.2) is 23.2 Å². The van der Waals surface area contributed by atoms with Crippen LogP contribution in [-0.4, -0.2) is 92.2 Å². The fourth-order valence-corrected chi connectivity index (χ4v) is 6.95. The summed E-state index contributed by atoms with van der Waals surface area (Å²) >= 11 is 7.81. The van der Waals surface area contributed by atoms with Gasteiger partial charge in [-0.3, -0.25) is 9.36 Å². The molecule has 14 heteroatoms. The number of alkyl halides is 1. The number of benzene rings is 2. The highest BCUT2D eigenvalue weighted by atomic mass is 35.5. The van der Waals surface area contributed by atoms with E-state index < -0.39 is 48.1 Å². The Morgan fingerprint density at radius 2 is 1.70 bits per heavy atom. The number of rotatable bonds is 11. The molecule has 5 rings (SSSR count). The predicted octanol–water partition coefficient (Wildman–Crippen LogP) is 4.29. The van der Waals surface area contributed by atoms with E-state index in [-0.39, 0.29) is 16.9 Å². The Morgan fingerprint density at radius 3 is 2.28 bits per heavy atom. The Labute approximate surface area is 283 Å². The van der Waals surface area contributed by atoms with E-state index in [0.717, 1.165) is 11.1 Å². The van der Waals surface area contributed by atoms with Crippen LogP contribution < -0.4 is 15.5 Å². The van der Waals surface area contributed by atoms with Gasteiger partial charge in [-0.1, -0.05) is 60.7 Å². The molecule has 0 bridgehead atoms. The summed E-state index contributed by atoms with van der Waals surface area (Å²) in [4.78, 5) is 41.8. The Morgan fingerprint density at radius 1 is 1.06 bits per heavy atom. The summed E-state index contributed by atoms with van der Waals surface area (Å²) < 4.78 is 13.3. The molecule has 250 valence electrons. The van der Waals surface area contributed by atoms with Crippen LogP contribution >= 0.6 is 23.4 Å². The molecule has 1 saturated heterocycles. The molecule has 4 aromatic rings. The second-order valence-corrected chi connectivity index (χ2v) is 13.8. The third-order valence-electron chi connectivity index (χ3n) is 7.51. The zero-order valence-electron chi connectivity index (χ0n) is 26.9. The van der Waals surface area contributed by atoms with E-state index in [1.807, 2.05) is 79.7 Å². The number of amides is 2. The van der Waals surface area contributed by atoms with Gasteiger partial charge in [-0.05, 0) is 31.9 Å². The van der Waals surface area contributed by atoms with Gasteiger partial charge >= 0.3 is 6.09 Å². The predicted molar refractivity (Wildman–Crippen MR) is 183 cm³/mol. The topological polar surface area (TPSA) is 144 Å². The second kappa shape index (κ2) is 14.9. The maximum atomic E-state index is 14.0. The Bertz CT molecular complexity index is 1610. The molecular weight excluding hydrogens is 642 g/mol. The fraction of sp³-hybridized carbons (Fsp3) is 0.424. The smallest absolute Gasteiger partial charge is 0.408 e. The number of hydrogen-bond donors (Lipinski definition) is 3. The van der Waals surface area contributed by atoms with Crippen LogP contribution in [0.3, 0.4) is 0 Å². The van der Waals surface area contributed by atoms with Crippen LogP contribution in [0.2, 0.25) is 0 Å². The van der Waals surface area contributed by atoms with Crippen molar-refractivity contribution in [1.82, 2.24) is 30.2 Å². The van der Waals surface area contributed by atoms with Crippen molar-refractivity contribution in [3.05, 3.63) is 84.4 Å². The maximum absolute atomic E-state index is 14.0. The van der Waals surface area contributed by atoms with Gasteiger partial charge in [0.1, 0.15) is 24.1 Å². The third kappa shape index (κ3) is 8.15. The highest BCUT2D eigenvalue weighted by Crippen LogP contribution is 2.37. The molecule has 47 heavy (non-hydrogen) atoms. The van der Waals surface area contributed by atoms with E-state index in [1.54, 1.807) is 25.3 Å². The number of aliphatic hydroxyl groups excluding tert-OH is 1. The molecule has 0 saturated carbocycles. The van der Waals surface area contributed by atoms with E-state index in [9.17, 15) is 14.7 Å². The standard InChI is InChI=1S/C33H40ClN7O5S/c1-33(2,3)46-32(44)38-22(17-47-27(20-12-8-6-9-13-20)21-14-10-7-11-15-21)30(43)39-24-23(16-34)45-31(26(24)42)41-19-37-25-28(40(4)5)35-18-36-29(25)41/h6-15,18-19,22-24,26-27,31,42H,16-17H2,1-5H3,(H,38,44)(H,39,43)/t22-,23+,24+,26+,31+/m0/s1. The number of aromatic nitrogens is 4. The second-order valence-electron chi connectivity index (χ2n) is 12.4. The van der Waals surface area contributed by atoms with Gasteiger partial charge in [0.05, 0.1) is 29.6 Å². The molecule has 3 N–H and O–H groups in total. The lowest BCUT2D eigenvalue weighted by atomic mass is 10.0. The molecule has 1 fully saturated rings. The molecule has 2 aromatic carbocycles. The van der Waals surface area contributed by atoms with Gasteiger partial charge in [-0.2, -0.15) is 0 Å². The Balaban J connectivity index is 1.38. The normalized spacial score (nSPS) is 20.3. The summed E-state index contributed by atoms with van der Waals surface area (Å²) in [6, 6.07) is 18.0. The first-order valence-corrected chi connectivity index (χ1v) is 16.8. The van der Waals surface area contributed by atoms with Crippen LogP contribution in [-0.2, 0) is 14.3 Å². The average Bonchev–Trinajstić information content (AvgIpc) is 3.60. The van der Waals surface area contributed by atoms with E-state index in [1.165, 1.54) is 24.4 Å². The quantitative estimate of drug-likeness (QED) is 0.196. The van der Waals surface area contributed by atoms with Crippen molar-refractivity contribution >= 4 is 52.3 Å². The van der Waals surface area contributed by atoms with Crippen molar-refractivity contribution in [1.29, 1.82) is 0 Å². The van der Waals surface area contributed by atoms with Crippen molar-refractivity contribution in [3.8, 4) is 0 Å². The molecule has 5 atom stereocenters. The largest absolute Gasteiger partial charge is 0.444 e. The number of anilines is 1. The molecule has 0 radical (unpaired) electrons. The maximum Gasteiger partial charge on any atom is 0.408 e. The molecule has 0 aliphatic carbocycles. The Hall–Kier alpha value is -3.91. The zero-order chi connectivity index (χ0) is 33.7. The van der Waals surface area contributed by atoms with Crippen molar-refractivity contribution in [3.63, 3.8) is 0 Å². The number of carbonyl (C=O) groups is 2. The first-order chi connectivity index (χ1) is 22.5. The number of fused-ring (bicyclic) bond motifs is 1. The number of ether oxygens (including phenoxy) is 2. The minimum atomic E-state index is -1.21. The van der Waals surface area contributed by atoms with Crippen molar-refractivity contribution in [2.24, 2.45) is 0 Å². The van der Waals surface area contributed by atoms with E-state index in [4.69, 9.17) is 21.1 Å². The summed E-state index contributed by atoms with van der Waals surface area (Å²) in [6.07, 6.45) is -0.694. The molecule has 2 amide bonds. The summed E-state index contributed by atoms with van der Waals surface area (Å²) in [5.41, 5.74) is 2.33. The van der Waals surface area contributed by atoms with Gasteiger partial charge in [0.25, 0.3) is 0 Å². The van der Waals surface area contributed by atoms with Crippen LogP contribution in [0.25, 0.3) is 11.2 Å².